The molecule has 1 aromatic carbocycles. The highest BCUT2D eigenvalue weighted by Gasteiger charge is 2.48. The molecule has 160 valence electrons. The maximum Gasteiger partial charge on any atom is 0.192 e. The van der Waals surface area contributed by atoms with Gasteiger partial charge in [0.25, 0.3) is 0 Å². The van der Waals surface area contributed by atoms with E-state index < -0.39 is 19.7 Å². The minimum absolute atomic E-state index is 0.0740. The molecule has 1 saturated heterocycles. The highest BCUT2D eigenvalue weighted by molar-refractivity contribution is 7.90. The molecule has 3 atom stereocenters. The van der Waals surface area contributed by atoms with Crippen molar-refractivity contribution in [2.45, 2.75) is 89.9 Å². The van der Waals surface area contributed by atoms with Crippen molar-refractivity contribution in [1.82, 2.24) is 4.31 Å². The molecule has 1 fully saturated rings. The average Bonchev–Trinajstić information content (AvgIpc) is 2.95. The van der Waals surface area contributed by atoms with Crippen molar-refractivity contribution in [2.75, 3.05) is 13.7 Å². The Kier molecular flexibility index (Phi) is 7.04. The van der Waals surface area contributed by atoms with Crippen LogP contribution in [0.2, 0.25) is 18.1 Å². The van der Waals surface area contributed by atoms with Gasteiger partial charge in [0, 0.05) is 11.4 Å². The molecule has 0 aliphatic carbocycles. The van der Waals surface area contributed by atoms with Crippen LogP contribution in [-0.2, 0) is 15.8 Å². The van der Waals surface area contributed by atoms with Crippen LogP contribution in [-0.4, -0.2) is 41.7 Å². The van der Waals surface area contributed by atoms with Crippen LogP contribution in [0.1, 0.15) is 65.1 Å². The molecule has 1 aromatic rings. The maximum absolute atomic E-state index is 13.4. The predicted molar refractivity (Wildman–Crippen MR) is 122 cm³/mol. The van der Waals surface area contributed by atoms with E-state index in [4.69, 9.17) is 9.16 Å². The molecule has 0 amide bonds. The van der Waals surface area contributed by atoms with Gasteiger partial charge in [-0.15, -0.1) is 4.31 Å². The lowest BCUT2D eigenvalue weighted by atomic mass is 9.99. The highest BCUT2D eigenvalue weighted by Crippen LogP contribution is 2.44. The van der Waals surface area contributed by atoms with Crippen molar-refractivity contribution in [1.29, 1.82) is 0 Å². The first-order valence-corrected chi connectivity index (χ1v) is 14.2. The molecule has 1 aliphatic heterocycles. The lowest BCUT2D eigenvalue weighted by molar-refractivity contribution is 0.193. The van der Waals surface area contributed by atoms with Crippen LogP contribution in [0, 0.1) is 6.92 Å². The summed E-state index contributed by atoms with van der Waals surface area (Å²) >= 11 is -1.10. The number of methoxy groups -OCH3 is 1. The van der Waals surface area contributed by atoms with E-state index in [1.54, 1.807) is 7.11 Å². The van der Waals surface area contributed by atoms with Crippen LogP contribution >= 0.6 is 0 Å². The molecular formula is C22H39NO3SSi. The Labute approximate surface area is 176 Å². The minimum Gasteiger partial charge on any atom is -0.597 e. The third-order valence-electron chi connectivity index (χ3n) is 6.13. The third kappa shape index (κ3) is 4.96. The molecule has 0 bridgehead atoms. The lowest BCUT2D eigenvalue weighted by Crippen LogP contribution is -2.46. The lowest BCUT2D eigenvalue weighted by Gasteiger charge is -2.38. The fraction of sp³-hybridized carbons (Fsp3) is 0.727. The van der Waals surface area contributed by atoms with E-state index in [0.717, 1.165) is 17.7 Å². The first-order chi connectivity index (χ1) is 12.7. The Balaban J connectivity index is 2.38. The summed E-state index contributed by atoms with van der Waals surface area (Å²) in [6.45, 7) is 20.3. The largest absolute Gasteiger partial charge is 0.597 e. The summed E-state index contributed by atoms with van der Waals surface area (Å²) in [5.41, 5.74) is 2.32. The van der Waals surface area contributed by atoms with Gasteiger partial charge < -0.3 is 13.7 Å². The van der Waals surface area contributed by atoms with Gasteiger partial charge in [0.2, 0.25) is 0 Å². The van der Waals surface area contributed by atoms with Crippen molar-refractivity contribution in [2.24, 2.45) is 0 Å². The first-order valence-electron chi connectivity index (χ1n) is 10.2. The number of hydrogen-bond donors (Lipinski definition) is 0. The SMILES string of the molecule is COc1cccc([C@@H]2C[C@H](O[Si](C)(C)C(C)(C)C)CN2[S@@+]([O-])C(C)(C)C)c1C. The molecule has 6 heteroatoms. The Morgan fingerprint density at radius 1 is 1.14 bits per heavy atom. The number of ether oxygens (including phenoxy) is 1. The molecule has 0 saturated carbocycles. The monoisotopic (exact) mass is 425 g/mol. The van der Waals surface area contributed by atoms with E-state index in [0.29, 0.717) is 6.54 Å². The molecule has 1 heterocycles. The minimum atomic E-state index is -1.89. The van der Waals surface area contributed by atoms with Gasteiger partial charge in [-0.1, -0.05) is 32.9 Å². The van der Waals surface area contributed by atoms with Crippen molar-refractivity contribution >= 4 is 19.7 Å². The number of benzene rings is 1. The van der Waals surface area contributed by atoms with Crippen LogP contribution in [0.4, 0.5) is 0 Å². The van der Waals surface area contributed by atoms with E-state index in [2.05, 4.69) is 51.2 Å². The number of nitrogens with zero attached hydrogens (tertiary/aromatic N) is 1. The molecule has 0 unspecified atom stereocenters. The number of rotatable bonds is 5. The Bertz CT molecular complexity index is 681. The van der Waals surface area contributed by atoms with E-state index in [1.165, 1.54) is 5.56 Å². The zero-order valence-corrected chi connectivity index (χ0v) is 21.2. The Morgan fingerprint density at radius 3 is 2.25 bits per heavy atom. The van der Waals surface area contributed by atoms with E-state index in [-0.39, 0.29) is 21.9 Å². The molecule has 0 radical (unpaired) electrons. The summed E-state index contributed by atoms with van der Waals surface area (Å²) < 4.78 is 27.5. The van der Waals surface area contributed by atoms with Crippen LogP contribution in [0.3, 0.4) is 0 Å². The normalized spacial score (nSPS) is 23.1. The summed E-state index contributed by atoms with van der Waals surface area (Å²) in [4.78, 5) is 0. The van der Waals surface area contributed by atoms with Gasteiger partial charge in [-0.2, -0.15) is 0 Å². The van der Waals surface area contributed by atoms with Crippen LogP contribution in [0.5, 0.6) is 5.75 Å². The van der Waals surface area contributed by atoms with E-state index in [9.17, 15) is 4.55 Å². The van der Waals surface area contributed by atoms with Gasteiger partial charge in [0.1, 0.15) is 10.5 Å². The summed E-state index contributed by atoms with van der Waals surface area (Å²) in [6.07, 6.45) is 0.963. The van der Waals surface area contributed by atoms with Crippen LogP contribution in [0.25, 0.3) is 0 Å². The van der Waals surface area contributed by atoms with E-state index in [1.807, 2.05) is 32.9 Å². The number of hydrogen-bond acceptors (Lipinski definition) is 4. The zero-order chi connectivity index (χ0) is 21.5. The standard InChI is InChI=1S/C22H39NO3SSi/c1-16-18(12-11-13-20(16)25-8)19-14-17(26-28(9,10)22(5,6)7)15-23(19)27(24)21(2,3)4/h11-13,17,19H,14-15H2,1-10H3/t17-,19-,27-/m0/s1. The Hall–Kier alpha value is -0.533. The van der Waals surface area contributed by atoms with Crippen molar-refractivity contribution in [3.05, 3.63) is 29.3 Å². The second kappa shape index (κ2) is 8.30. The third-order valence-corrected chi connectivity index (χ3v) is 12.5. The zero-order valence-electron chi connectivity index (χ0n) is 19.4. The Morgan fingerprint density at radius 2 is 1.75 bits per heavy atom. The van der Waals surface area contributed by atoms with Crippen molar-refractivity contribution in [3.8, 4) is 5.75 Å². The van der Waals surface area contributed by atoms with Gasteiger partial charge in [0.05, 0.1) is 25.8 Å². The van der Waals surface area contributed by atoms with Gasteiger partial charge in [-0.3, -0.25) is 0 Å². The molecule has 2 rings (SSSR count). The molecule has 4 nitrogen and oxygen atoms in total. The smallest absolute Gasteiger partial charge is 0.192 e. The second-order valence-electron chi connectivity index (χ2n) is 10.4. The van der Waals surface area contributed by atoms with Gasteiger partial charge in [-0.05, 0) is 69.4 Å². The fourth-order valence-electron chi connectivity index (χ4n) is 3.48. The quantitative estimate of drug-likeness (QED) is 0.455. The highest BCUT2D eigenvalue weighted by atomic mass is 32.2. The molecule has 0 aromatic heterocycles. The van der Waals surface area contributed by atoms with Gasteiger partial charge in [-0.25, -0.2) is 0 Å². The molecule has 1 aliphatic rings. The van der Waals surface area contributed by atoms with Crippen molar-refractivity contribution in [3.63, 3.8) is 0 Å². The molecule has 0 spiro atoms. The topological polar surface area (TPSA) is 44.8 Å². The van der Waals surface area contributed by atoms with Crippen LogP contribution < -0.4 is 4.74 Å². The molecular weight excluding hydrogens is 386 g/mol. The van der Waals surface area contributed by atoms with E-state index >= 15 is 0 Å². The average molecular weight is 426 g/mol. The van der Waals surface area contributed by atoms with Crippen LogP contribution in [0.15, 0.2) is 18.2 Å². The summed E-state index contributed by atoms with van der Waals surface area (Å²) in [5, 5.41) is 0.158. The second-order valence-corrected chi connectivity index (χ2v) is 17.3. The molecule has 28 heavy (non-hydrogen) atoms. The summed E-state index contributed by atoms with van der Waals surface area (Å²) in [6, 6.07) is 6.23. The van der Waals surface area contributed by atoms with Gasteiger partial charge >= 0.3 is 0 Å². The van der Waals surface area contributed by atoms with Crippen molar-refractivity contribution < 1.29 is 13.7 Å². The molecule has 0 N–H and O–H groups in total. The first kappa shape index (κ1) is 23.7. The summed E-state index contributed by atoms with van der Waals surface area (Å²) in [5.74, 6) is 0.882. The summed E-state index contributed by atoms with van der Waals surface area (Å²) in [7, 11) is -0.189. The fourth-order valence-corrected chi connectivity index (χ4v) is 6.27. The predicted octanol–water partition coefficient (Wildman–Crippen LogP) is 5.60. The van der Waals surface area contributed by atoms with Gasteiger partial charge in [0.15, 0.2) is 8.32 Å². The maximum atomic E-state index is 13.4.